The van der Waals surface area contributed by atoms with Crippen LogP contribution < -0.4 is 21.4 Å². The smallest absolute Gasteiger partial charge is 0.253 e. The summed E-state index contributed by atoms with van der Waals surface area (Å²) < 4.78 is 19.4. The number of halogens is 2. The molecule has 2 bridgehead atoms. The van der Waals surface area contributed by atoms with Crippen LogP contribution in [0.15, 0.2) is 0 Å². The Labute approximate surface area is 193 Å². The molecule has 6 unspecified atom stereocenters. The van der Waals surface area contributed by atoms with Crippen LogP contribution >= 0.6 is 11.6 Å². The Morgan fingerprint density at radius 1 is 1.25 bits per heavy atom. The molecular formula is C21H35ClFN5O4. The molecule has 5 aliphatic rings. The number of hydrogen-bond donors (Lipinski definition) is 5. The van der Waals surface area contributed by atoms with Crippen molar-refractivity contribution in [2.24, 2.45) is 0 Å². The van der Waals surface area contributed by atoms with E-state index in [-0.39, 0.29) is 37.1 Å². The van der Waals surface area contributed by atoms with Crippen LogP contribution in [0.3, 0.4) is 0 Å². The minimum absolute atomic E-state index is 0.0393. The van der Waals surface area contributed by atoms with Gasteiger partial charge in [0, 0.05) is 19.0 Å². The van der Waals surface area contributed by atoms with Crippen LogP contribution in [0.25, 0.3) is 0 Å². The molecule has 0 aromatic heterocycles. The van der Waals surface area contributed by atoms with Gasteiger partial charge in [-0.25, -0.2) is 14.8 Å². The number of aliphatic hydroxyl groups is 1. The standard InChI is InChI=1S/C21H35ClFN5O4/c1-12-24-18(27-28(12)2)19(31)26-20-5-7-21(8-6-20,16(29)10-20)25-17(30)11-32-13-3-4-14(22)15(23)9-13/h12-16,18,24,27,29H,3-11H2,1-2H3,(H,25,30)(H,26,31). The van der Waals surface area contributed by atoms with Crippen molar-refractivity contribution in [3.8, 4) is 0 Å². The summed E-state index contributed by atoms with van der Waals surface area (Å²) in [5.74, 6) is -0.444. The van der Waals surface area contributed by atoms with Crippen LogP contribution in [-0.2, 0) is 14.3 Å². The molecule has 11 heteroatoms. The molecule has 6 atom stereocenters. The third kappa shape index (κ3) is 4.90. The molecule has 0 aromatic rings. The van der Waals surface area contributed by atoms with Crippen molar-refractivity contribution in [1.82, 2.24) is 26.4 Å². The number of carbonyl (C=O) groups excluding carboxylic acids is 2. The highest BCUT2D eigenvalue weighted by molar-refractivity contribution is 6.21. The number of aliphatic hydroxyl groups excluding tert-OH is 1. The average molecular weight is 476 g/mol. The van der Waals surface area contributed by atoms with Gasteiger partial charge in [0.1, 0.15) is 12.8 Å². The topological polar surface area (TPSA) is 115 Å². The van der Waals surface area contributed by atoms with E-state index in [1.54, 1.807) is 0 Å². The normalized spacial score (nSPS) is 44.4. The van der Waals surface area contributed by atoms with Crippen LogP contribution in [0.1, 0.15) is 58.3 Å². The molecule has 1 aliphatic heterocycles. The first-order valence-corrected chi connectivity index (χ1v) is 12.0. The maximum atomic E-state index is 13.8. The molecule has 4 aliphatic carbocycles. The van der Waals surface area contributed by atoms with Crippen molar-refractivity contribution in [1.29, 1.82) is 0 Å². The monoisotopic (exact) mass is 475 g/mol. The summed E-state index contributed by atoms with van der Waals surface area (Å²) in [6.07, 6.45) is 1.62. The Kier molecular flexibility index (Phi) is 7.01. The van der Waals surface area contributed by atoms with Gasteiger partial charge in [-0.15, -0.1) is 11.6 Å². The summed E-state index contributed by atoms with van der Waals surface area (Å²) in [6.45, 7) is 1.80. The van der Waals surface area contributed by atoms with E-state index in [1.807, 2.05) is 19.0 Å². The van der Waals surface area contributed by atoms with Gasteiger partial charge in [0.2, 0.25) is 5.91 Å². The highest BCUT2D eigenvalue weighted by Crippen LogP contribution is 2.47. The van der Waals surface area contributed by atoms with Crippen molar-refractivity contribution in [2.45, 2.75) is 105 Å². The summed E-state index contributed by atoms with van der Waals surface area (Å²) in [7, 11) is 1.87. The number of amides is 2. The van der Waals surface area contributed by atoms with Gasteiger partial charge in [0.05, 0.1) is 29.3 Å². The molecule has 182 valence electrons. The molecular weight excluding hydrogens is 441 g/mol. The van der Waals surface area contributed by atoms with Gasteiger partial charge in [-0.05, 0) is 51.9 Å². The maximum absolute atomic E-state index is 13.8. The Balaban J connectivity index is 1.27. The molecule has 4 saturated carbocycles. The van der Waals surface area contributed by atoms with Crippen LogP contribution in [-0.4, -0.2) is 82.8 Å². The number of ether oxygens (including phenoxy) is 1. The molecule has 0 spiro atoms. The Bertz CT molecular complexity index is 712. The fourth-order valence-corrected chi connectivity index (χ4v) is 5.77. The number of nitrogens with one attached hydrogen (secondary N) is 4. The first-order valence-electron chi connectivity index (χ1n) is 11.6. The number of hydrazine groups is 1. The average Bonchev–Trinajstić information content (AvgIpc) is 3.09. The third-order valence-electron chi connectivity index (χ3n) is 7.78. The lowest BCUT2D eigenvalue weighted by molar-refractivity contribution is -0.140. The van der Waals surface area contributed by atoms with E-state index >= 15 is 0 Å². The Hall–Kier alpha value is -1.04. The quantitative estimate of drug-likeness (QED) is 0.350. The van der Waals surface area contributed by atoms with E-state index in [0.717, 1.165) is 0 Å². The van der Waals surface area contributed by atoms with E-state index in [9.17, 15) is 19.1 Å². The summed E-state index contributed by atoms with van der Waals surface area (Å²) in [6, 6.07) is 0. The molecule has 32 heavy (non-hydrogen) atoms. The van der Waals surface area contributed by atoms with E-state index in [1.165, 1.54) is 0 Å². The zero-order chi connectivity index (χ0) is 23.1. The second-order valence-electron chi connectivity index (χ2n) is 9.99. The number of carbonyl (C=O) groups is 2. The van der Waals surface area contributed by atoms with Gasteiger partial charge in [-0.1, -0.05) is 0 Å². The molecule has 1 heterocycles. The second kappa shape index (κ2) is 9.31. The predicted octanol–water partition coefficient (Wildman–Crippen LogP) is 0.261. The molecule has 5 N–H and O–H groups in total. The molecule has 0 radical (unpaired) electrons. The molecule has 5 fully saturated rings. The summed E-state index contributed by atoms with van der Waals surface area (Å²) in [4.78, 5) is 25.3. The lowest BCUT2D eigenvalue weighted by Gasteiger charge is -2.56. The molecule has 0 aromatic carbocycles. The molecule has 5 rings (SSSR count). The number of hydrogen-bond acceptors (Lipinski definition) is 7. The van der Waals surface area contributed by atoms with Crippen molar-refractivity contribution >= 4 is 23.4 Å². The fourth-order valence-electron chi connectivity index (χ4n) is 5.54. The third-order valence-corrected chi connectivity index (χ3v) is 8.27. The summed E-state index contributed by atoms with van der Waals surface area (Å²) in [5, 5.41) is 21.6. The highest BCUT2D eigenvalue weighted by Gasteiger charge is 2.55. The van der Waals surface area contributed by atoms with Crippen LogP contribution in [0, 0.1) is 0 Å². The zero-order valence-electron chi connectivity index (χ0n) is 18.7. The van der Waals surface area contributed by atoms with Crippen molar-refractivity contribution in [3.63, 3.8) is 0 Å². The molecule has 9 nitrogen and oxygen atoms in total. The highest BCUT2D eigenvalue weighted by atomic mass is 35.5. The SMILES string of the molecule is CC1NC(C(=O)NC23CCC(NC(=O)COC4CCC(Cl)C(F)C4)(CC2)C(O)C3)NN1C. The lowest BCUT2D eigenvalue weighted by atomic mass is 9.60. The van der Waals surface area contributed by atoms with Crippen LogP contribution in [0.2, 0.25) is 0 Å². The predicted molar refractivity (Wildman–Crippen MR) is 116 cm³/mol. The van der Waals surface area contributed by atoms with Crippen molar-refractivity contribution < 1.29 is 23.8 Å². The van der Waals surface area contributed by atoms with Gasteiger partial charge in [-0.2, -0.15) is 0 Å². The van der Waals surface area contributed by atoms with Gasteiger partial charge < -0.3 is 20.5 Å². The Morgan fingerprint density at radius 2 is 1.97 bits per heavy atom. The van der Waals surface area contributed by atoms with Crippen molar-refractivity contribution in [3.05, 3.63) is 0 Å². The summed E-state index contributed by atoms with van der Waals surface area (Å²) >= 11 is 5.90. The van der Waals surface area contributed by atoms with Gasteiger partial charge >= 0.3 is 0 Å². The number of rotatable bonds is 6. The number of nitrogens with zero attached hydrogens (tertiary/aromatic N) is 1. The second-order valence-corrected chi connectivity index (χ2v) is 10.5. The fraction of sp³-hybridized carbons (Fsp3) is 0.905. The minimum Gasteiger partial charge on any atom is -0.391 e. The molecule has 2 amide bonds. The minimum atomic E-state index is -1.11. The first kappa shape index (κ1) is 24.1. The van der Waals surface area contributed by atoms with Gasteiger partial charge in [0.25, 0.3) is 5.91 Å². The van der Waals surface area contributed by atoms with Gasteiger partial charge in [0.15, 0.2) is 6.17 Å². The van der Waals surface area contributed by atoms with Crippen LogP contribution in [0.5, 0.6) is 0 Å². The zero-order valence-corrected chi connectivity index (χ0v) is 19.5. The Morgan fingerprint density at radius 3 is 2.56 bits per heavy atom. The summed E-state index contributed by atoms with van der Waals surface area (Å²) in [5.41, 5.74) is 1.91. The lowest BCUT2D eigenvalue weighted by Crippen LogP contribution is -2.71. The number of alkyl halides is 2. The van der Waals surface area contributed by atoms with E-state index in [0.29, 0.717) is 44.9 Å². The molecule has 1 saturated heterocycles. The largest absolute Gasteiger partial charge is 0.391 e. The van der Waals surface area contributed by atoms with Crippen molar-refractivity contribution in [2.75, 3.05) is 13.7 Å². The van der Waals surface area contributed by atoms with Crippen LogP contribution in [0.4, 0.5) is 4.39 Å². The first-order chi connectivity index (χ1) is 15.1. The maximum Gasteiger partial charge on any atom is 0.253 e. The van der Waals surface area contributed by atoms with Gasteiger partial charge in [-0.3, -0.25) is 14.9 Å². The van der Waals surface area contributed by atoms with E-state index in [4.69, 9.17) is 16.3 Å². The van der Waals surface area contributed by atoms with E-state index in [2.05, 4.69) is 21.4 Å². The number of fused-ring (bicyclic) bond motifs is 3. The van der Waals surface area contributed by atoms with E-state index < -0.39 is 34.9 Å².